The molecule has 0 radical (unpaired) electrons. The number of benzene rings is 1. The minimum absolute atomic E-state index is 0.776. The zero-order valence-electron chi connectivity index (χ0n) is 9.44. The van der Waals surface area contributed by atoms with Crippen molar-refractivity contribution in [3.8, 4) is 0 Å². The highest BCUT2D eigenvalue weighted by atomic mass is 79.9. The second kappa shape index (κ2) is 5.63. The van der Waals surface area contributed by atoms with Gasteiger partial charge in [-0.1, -0.05) is 15.9 Å². The average Bonchev–Trinajstić information content (AvgIpc) is 2.33. The Hall–Kier alpha value is -1.62. The molecule has 2 aromatic rings. The van der Waals surface area contributed by atoms with Crippen LogP contribution in [0.4, 0.5) is 17.3 Å². The van der Waals surface area contributed by atoms with Crippen LogP contribution >= 0.6 is 15.9 Å². The molecule has 0 fully saturated rings. The normalized spacial score (nSPS) is 10.0. The third-order valence-corrected chi connectivity index (χ3v) is 2.67. The SMILES string of the molecule is CCNc1cc(Nc2ccc(Br)cc2)ncn1. The zero-order valence-corrected chi connectivity index (χ0v) is 11.0. The van der Waals surface area contributed by atoms with E-state index in [0.717, 1.165) is 28.3 Å². The summed E-state index contributed by atoms with van der Waals surface area (Å²) in [6.45, 7) is 2.87. The lowest BCUT2D eigenvalue weighted by Gasteiger charge is -2.07. The number of rotatable bonds is 4. The molecular weight excluding hydrogens is 280 g/mol. The molecule has 1 aromatic heterocycles. The van der Waals surface area contributed by atoms with E-state index < -0.39 is 0 Å². The van der Waals surface area contributed by atoms with Gasteiger partial charge in [-0.2, -0.15) is 0 Å². The smallest absolute Gasteiger partial charge is 0.135 e. The molecule has 1 heterocycles. The predicted molar refractivity (Wildman–Crippen MR) is 73.6 cm³/mol. The van der Waals surface area contributed by atoms with Crippen molar-refractivity contribution >= 4 is 33.3 Å². The van der Waals surface area contributed by atoms with Crippen LogP contribution in [0.25, 0.3) is 0 Å². The maximum atomic E-state index is 4.17. The van der Waals surface area contributed by atoms with Crippen LogP contribution in [0.2, 0.25) is 0 Å². The van der Waals surface area contributed by atoms with Crippen LogP contribution in [0.5, 0.6) is 0 Å². The molecule has 0 saturated heterocycles. The number of hydrogen-bond donors (Lipinski definition) is 2. The van der Waals surface area contributed by atoms with Gasteiger partial charge in [0, 0.05) is 22.8 Å². The fourth-order valence-corrected chi connectivity index (χ4v) is 1.65. The minimum atomic E-state index is 0.776. The molecule has 0 aliphatic carbocycles. The number of nitrogens with one attached hydrogen (secondary N) is 2. The van der Waals surface area contributed by atoms with Gasteiger partial charge in [-0.3, -0.25) is 0 Å². The van der Waals surface area contributed by atoms with Gasteiger partial charge >= 0.3 is 0 Å². The third-order valence-electron chi connectivity index (χ3n) is 2.14. The van der Waals surface area contributed by atoms with E-state index in [9.17, 15) is 0 Å². The summed E-state index contributed by atoms with van der Waals surface area (Å²) >= 11 is 3.40. The van der Waals surface area contributed by atoms with E-state index in [0.29, 0.717) is 0 Å². The molecule has 0 saturated carbocycles. The number of anilines is 3. The Labute approximate surface area is 109 Å². The van der Waals surface area contributed by atoms with Crippen molar-refractivity contribution < 1.29 is 0 Å². The van der Waals surface area contributed by atoms with Crippen LogP contribution in [0.15, 0.2) is 41.1 Å². The molecule has 17 heavy (non-hydrogen) atoms. The molecule has 0 atom stereocenters. The summed E-state index contributed by atoms with van der Waals surface area (Å²) in [6, 6.07) is 9.81. The Morgan fingerprint density at radius 3 is 2.53 bits per heavy atom. The van der Waals surface area contributed by atoms with Crippen molar-refractivity contribution in [2.24, 2.45) is 0 Å². The van der Waals surface area contributed by atoms with Crippen LogP contribution < -0.4 is 10.6 Å². The van der Waals surface area contributed by atoms with Gasteiger partial charge in [0.15, 0.2) is 0 Å². The number of aromatic nitrogens is 2. The highest BCUT2D eigenvalue weighted by Gasteiger charge is 1.98. The van der Waals surface area contributed by atoms with E-state index in [4.69, 9.17) is 0 Å². The van der Waals surface area contributed by atoms with Gasteiger partial charge in [-0.15, -0.1) is 0 Å². The lowest BCUT2D eigenvalue weighted by atomic mass is 10.3. The number of hydrogen-bond acceptors (Lipinski definition) is 4. The Morgan fingerprint density at radius 2 is 1.82 bits per heavy atom. The summed E-state index contributed by atoms with van der Waals surface area (Å²) in [5, 5.41) is 6.36. The van der Waals surface area contributed by atoms with Crippen LogP contribution in [-0.4, -0.2) is 16.5 Å². The fraction of sp³-hybridized carbons (Fsp3) is 0.167. The van der Waals surface area contributed by atoms with Crippen molar-refractivity contribution in [3.63, 3.8) is 0 Å². The second-order valence-corrected chi connectivity index (χ2v) is 4.37. The topological polar surface area (TPSA) is 49.8 Å². The van der Waals surface area contributed by atoms with E-state index >= 15 is 0 Å². The van der Waals surface area contributed by atoms with Gasteiger partial charge in [0.25, 0.3) is 0 Å². The summed E-state index contributed by atoms with van der Waals surface area (Å²) in [5.41, 5.74) is 0.995. The molecule has 0 spiro atoms. The van der Waals surface area contributed by atoms with Crippen LogP contribution in [0.3, 0.4) is 0 Å². The molecule has 1 aromatic carbocycles. The highest BCUT2D eigenvalue weighted by molar-refractivity contribution is 9.10. The molecule has 2 N–H and O–H groups in total. The van der Waals surface area contributed by atoms with Crippen molar-refractivity contribution in [1.29, 1.82) is 0 Å². The fourth-order valence-electron chi connectivity index (χ4n) is 1.38. The molecule has 0 bridgehead atoms. The zero-order chi connectivity index (χ0) is 12.1. The van der Waals surface area contributed by atoms with Gasteiger partial charge in [0.05, 0.1) is 0 Å². The standard InChI is InChI=1S/C12H13BrN4/c1-2-14-11-7-12(16-8-15-11)17-10-5-3-9(13)4-6-10/h3-8H,2H2,1H3,(H2,14,15,16,17). The Balaban J connectivity index is 2.12. The molecule has 0 unspecified atom stereocenters. The van der Waals surface area contributed by atoms with Gasteiger partial charge < -0.3 is 10.6 Å². The first-order chi connectivity index (χ1) is 8.28. The largest absolute Gasteiger partial charge is 0.370 e. The molecule has 5 heteroatoms. The van der Waals surface area contributed by atoms with E-state index in [-0.39, 0.29) is 0 Å². The monoisotopic (exact) mass is 292 g/mol. The molecule has 2 rings (SSSR count). The Kier molecular flexibility index (Phi) is 3.93. The van der Waals surface area contributed by atoms with Crippen molar-refractivity contribution in [1.82, 2.24) is 9.97 Å². The second-order valence-electron chi connectivity index (χ2n) is 3.45. The lowest BCUT2D eigenvalue weighted by molar-refractivity contribution is 1.11. The van der Waals surface area contributed by atoms with E-state index in [2.05, 4.69) is 36.5 Å². The third kappa shape index (κ3) is 3.42. The summed E-state index contributed by atoms with van der Waals surface area (Å²) in [6.07, 6.45) is 1.54. The van der Waals surface area contributed by atoms with Crippen LogP contribution in [0, 0.1) is 0 Å². The first kappa shape index (κ1) is 11.9. The summed E-state index contributed by atoms with van der Waals surface area (Å²) < 4.78 is 1.05. The van der Waals surface area contributed by atoms with Crippen molar-refractivity contribution in [3.05, 3.63) is 41.1 Å². The van der Waals surface area contributed by atoms with E-state index in [1.807, 2.05) is 37.3 Å². The van der Waals surface area contributed by atoms with Crippen molar-refractivity contribution in [2.45, 2.75) is 6.92 Å². The van der Waals surface area contributed by atoms with Gasteiger partial charge in [0.2, 0.25) is 0 Å². The molecule has 0 amide bonds. The molecular formula is C12H13BrN4. The summed E-state index contributed by atoms with van der Waals surface area (Å²) in [4.78, 5) is 8.28. The first-order valence-electron chi connectivity index (χ1n) is 5.36. The van der Waals surface area contributed by atoms with Crippen molar-refractivity contribution in [2.75, 3.05) is 17.2 Å². The maximum Gasteiger partial charge on any atom is 0.135 e. The van der Waals surface area contributed by atoms with Crippen LogP contribution in [-0.2, 0) is 0 Å². The molecule has 0 aliphatic rings. The summed E-state index contributed by atoms with van der Waals surface area (Å²) in [5.74, 6) is 1.60. The van der Waals surface area contributed by atoms with Gasteiger partial charge in [0.1, 0.15) is 18.0 Å². The lowest BCUT2D eigenvalue weighted by Crippen LogP contribution is -2.01. The Morgan fingerprint density at radius 1 is 1.12 bits per heavy atom. The van der Waals surface area contributed by atoms with E-state index in [1.54, 1.807) is 6.33 Å². The minimum Gasteiger partial charge on any atom is -0.370 e. The van der Waals surface area contributed by atoms with Gasteiger partial charge in [-0.05, 0) is 31.2 Å². The summed E-state index contributed by atoms with van der Waals surface area (Å²) in [7, 11) is 0. The highest BCUT2D eigenvalue weighted by Crippen LogP contribution is 2.18. The maximum absolute atomic E-state index is 4.17. The number of nitrogens with zero attached hydrogens (tertiary/aromatic N) is 2. The number of halogens is 1. The molecule has 0 aliphatic heterocycles. The average molecular weight is 293 g/mol. The van der Waals surface area contributed by atoms with Gasteiger partial charge in [-0.25, -0.2) is 9.97 Å². The first-order valence-corrected chi connectivity index (χ1v) is 6.15. The quantitative estimate of drug-likeness (QED) is 0.907. The van der Waals surface area contributed by atoms with E-state index in [1.165, 1.54) is 0 Å². The predicted octanol–water partition coefficient (Wildman–Crippen LogP) is 3.41. The van der Waals surface area contributed by atoms with Crippen LogP contribution in [0.1, 0.15) is 6.92 Å². The molecule has 4 nitrogen and oxygen atoms in total. The molecule has 88 valence electrons. The Bertz CT molecular complexity index is 484.